The van der Waals surface area contributed by atoms with Crippen molar-refractivity contribution in [2.45, 2.75) is 158 Å². The fraction of sp³-hybridized carbons (Fsp3) is 0.800. The molecule has 1 aromatic carbocycles. The molecule has 5 atom stereocenters. The first-order chi connectivity index (χ1) is 16.9. The molecule has 4 nitrogen and oxygen atoms in total. The Hall–Kier alpha value is 0.0606. The standard InChI is InChI=1S/C30H58O4SSi3/c1-22-24(32-36(11,12)28(2,3)4)25(33-37(13,14)29(5,6)7)26(34-38(15,16)30(8,9)10)27(31-22)35-23-20-18-17-19-21-23/h17-22,24-27H,1-16H3/t22?,24-,25?,26?,27-/m0/s1. The van der Waals surface area contributed by atoms with Gasteiger partial charge in [-0.25, -0.2) is 0 Å². The fourth-order valence-electron chi connectivity index (χ4n) is 3.67. The number of thioether (sulfide) groups is 1. The summed E-state index contributed by atoms with van der Waals surface area (Å²) < 4.78 is 28.7. The van der Waals surface area contributed by atoms with Crippen molar-refractivity contribution < 1.29 is 18.0 Å². The maximum Gasteiger partial charge on any atom is 0.192 e. The van der Waals surface area contributed by atoms with E-state index in [4.69, 9.17) is 18.0 Å². The second-order valence-electron chi connectivity index (χ2n) is 15.7. The molecule has 0 amide bonds. The molecule has 220 valence electrons. The SMILES string of the molecule is CC1O[C@@H](Sc2ccccc2)C(O[Si](C)(C)C(C)(C)C)C(O[Si](C)(C)C(C)(C)C)[C@H]1O[Si](C)(C)C(C)(C)C. The van der Waals surface area contributed by atoms with Crippen molar-refractivity contribution in [3.63, 3.8) is 0 Å². The van der Waals surface area contributed by atoms with Crippen molar-refractivity contribution in [1.82, 2.24) is 0 Å². The van der Waals surface area contributed by atoms with E-state index < -0.39 is 25.0 Å². The first-order valence-corrected chi connectivity index (χ1v) is 23.9. The molecule has 1 saturated heterocycles. The molecular formula is C30H58O4SSi3. The van der Waals surface area contributed by atoms with Crippen LogP contribution in [-0.2, 0) is 18.0 Å². The summed E-state index contributed by atoms with van der Waals surface area (Å²) in [6.45, 7) is 36.9. The van der Waals surface area contributed by atoms with Crippen molar-refractivity contribution in [3.05, 3.63) is 30.3 Å². The molecule has 0 radical (unpaired) electrons. The first kappa shape index (κ1) is 34.3. The van der Waals surface area contributed by atoms with Gasteiger partial charge in [-0.15, -0.1) is 0 Å². The first-order valence-electron chi connectivity index (χ1n) is 14.3. The summed E-state index contributed by atoms with van der Waals surface area (Å²) in [6, 6.07) is 10.6. The van der Waals surface area contributed by atoms with Gasteiger partial charge in [-0.05, 0) is 73.5 Å². The third-order valence-corrected chi connectivity index (χ3v) is 24.0. The van der Waals surface area contributed by atoms with E-state index in [1.807, 2.05) is 0 Å². The van der Waals surface area contributed by atoms with Crippen LogP contribution in [0.3, 0.4) is 0 Å². The Balaban J connectivity index is 2.66. The fourth-order valence-corrected chi connectivity index (χ4v) is 8.88. The molecule has 1 aromatic rings. The summed E-state index contributed by atoms with van der Waals surface area (Å²) >= 11 is 1.76. The van der Waals surface area contributed by atoms with E-state index in [1.165, 1.54) is 4.90 Å². The van der Waals surface area contributed by atoms with E-state index in [0.717, 1.165) is 0 Å². The number of hydrogen-bond acceptors (Lipinski definition) is 5. The molecule has 0 aromatic heterocycles. The van der Waals surface area contributed by atoms with Gasteiger partial charge in [0.15, 0.2) is 25.0 Å². The van der Waals surface area contributed by atoms with E-state index in [1.54, 1.807) is 11.8 Å². The third-order valence-electron chi connectivity index (χ3n) is 9.43. The number of benzene rings is 1. The molecule has 1 heterocycles. The predicted octanol–water partition coefficient (Wildman–Crippen LogP) is 9.69. The minimum absolute atomic E-state index is 0.0648. The summed E-state index contributed by atoms with van der Waals surface area (Å²) in [5.74, 6) is 0. The molecule has 8 heteroatoms. The lowest BCUT2D eigenvalue weighted by Crippen LogP contribution is -2.66. The van der Waals surface area contributed by atoms with Crippen LogP contribution in [-0.4, -0.2) is 54.8 Å². The number of hydrogen-bond donors (Lipinski definition) is 0. The van der Waals surface area contributed by atoms with Gasteiger partial charge in [0.25, 0.3) is 0 Å². The van der Waals surface area contributed by atoms with Crippen LogP contribution < -0.4 is 0 Å². The van der Waals surface area contributed by atoms with Crippen LogP contribution in [0.15, 0.2) is 35.2 Å². The Labute approximate surface area is 242 Å². The van der Waals surface area contributed by atoms with Crippen molar-refractivity contribution in [2.24, 2.45) is 0 Å². The molecule has 0 bridgehead atoms. The van der Waals surface area contributed by atoms with Crippen LogP contribution in [0.25, 0.3) is 0 Å². The molecule has 38 heavy (non-hydrogen) atoms. The lowest BCUT2D eigenvalue weighted by atomic mass is 10.0. The highest BCUT2D eigenvalue weighted by Crippen LogP contribution is 2.47. The van der Waals surface area contributed by atoms with Gasteiger partial charge >= 0.3 is 0 Å². The average molecular weight is 599 g/mol. The van der Waals surface area contributed by atoms with E-state index in [0.29, 0.717) is 0 Å². The molecule has 1 aliphatic rings. The largest absolute Gasteiger partial charge is 0.409 e. The van der Waals surface area contributed by atoms with Gasteiger partial charge < -0.3 is 18.0 Å². The average Bonchev–Trinajstić information content (AvgIpc) is 2.71. The monoisotopic (exact) mass is 598 g/mol. The lowest BCUT2D eigenvalue weighted by molar-refractivity contribution is -0.178. The van der Waals surface area contributed by atoms with Gasteiger partial charge in [-0.3, -0.25) is 0 Å². The zero-order chi connectivity index (χ0) is 29.5. The lowest BCUT2D eigenvalue weighted by Gasteiger charge is -2.54. The summed E-state index contributed by atoms with van der Waals surface area (Å²) in [7, 11) is -6.44. The zero-order valence-corrected chi connectivity index (χ0v) is 31.1. The van der Waals surface area contributed by atoms with E-state index in [-0.39, 0.29) is 45.0 Å². The Morgan fingerprint density at radius 1 is 0.605 bits per heavy atom. The van der Waals surface area contributed by atoms with Crippen molar-refractivity contribution in [2.75, 3.05) is 0 Å². The second kappa shape index (κ2) is 11.7. The van der Waals surface area contributed by atoms with Crippen LogP contribution in [0.1, 0.15) is 69.2 Å². The van der Waals surface area contributed by atoms with Crippen LogP contribution in [0, 0.1) is 0 Å². The molecule has 1 fully saturated rings. The van der Waals surface area contributed by atoms with Crippen molar-refractivity contribution >= 4 is 36.7 Å². The van der Waals surface area contributed by atoms with Crippen LogP contribution >= 0.6 is 11.8 Å². The summed E-state index contributed by atoms with van der Waals surface area (Å²) in [4.78, 5) is 1.18. The molecule has 0 spiro atoms. The van der Waals surface area contributed by atoms with Gasteiger partial charge in [0.05, 0.1) is 12.2 Å². The smallest absolute Gasteiger partial charge is 0.192 e. The van der Waals surface area contributed by atoms with Gasteiger partial charge in [0, 0.05) is 4.90 Å². The molecule has 0 aliphatic carbocycles. The Morgan fingerprint density at radius 3 is 1.37 bits per heavy atom. The number of rotatable bonds is 8. The zero-order valence-electron chi connectivity index (χ0n) is 27.3. The molecule has 0 N–H and O–H groups in total. The Morgan fingerprint density at radius 2 is 0.974 bits per heavy atom. The predicted molar refractivity (Wildman–Crippen MR) is 173 cm³/mol. The van der Waals surface area contributed by atoms with E-state index in [9.17, 15) is 0 Å². The minimum atomic E-state index is -2.16. The van der Waals surface area contributed by atoms with Crippen LogP contribution in [0.4, 0.5) is 0 Å². The molecule has 0 saturated carbocycles. The van der Waals surface area contributed by atoms with Crippen molar-refractivity contribution in [1.29, 1.82) is 0 Å². The molecule has 3 unspecified atom stereocenters. The Kier molecular flexibility index (Phi) is 10.6. The van der Waals surface area contributed by atoms with Crippen molar-refractivity contribution in [3.8, 4) is 0 Å². The maximum atomic E-state index is 7.36. The highest BCUT2D eigenvalue weighted by molar-refractivity contribution is 7.99. The molecular weight excluding hydrogens is 541 g/mol. The maximum absolute atomic E-state index is 7.36. The topological polar surface area (TPSA) is 36.9 Å². The highest BCUT2D eigenvalue weighted by atomic mass is 32.2. The summed E-state index contributed by atoms with van der Waals surface area (Å²) in [6.07, 6.45) is -0.739. The molecule has 2 rings (SSSR count). The van der Waals surface area contributed by atoms with E-state index >= 15 is 0 Å². The second-order valence-corrected chi connectivity index (χ2v) is 31.1. The quantitative estimate of drug-likeness (QED) is 0.278. The minimum Gasteiger partial charge on any atom is -0.409 e. The van der Waals surface area contributed by atoms with Gasteiger partial charge in [-0.2, -0.15) is 0 Å². The molecule has 1 aliphatic heterocycles. The number of ether oxygens (including phenoxy) is 1. The third kappa shape index (κ3) is 8.08. The summed E-state index contributed by atoms with van der Waals surface area (Å²) in [5.41, 5.74) is -0.185. The van der Waals surface area contributed by atoms with Crippen LogP contribution in [0.2, 0.25) is 54.4 Å². The highest BCUT2D eigenvalue weighted by Gasteiger charge is 2.55. The van der Waals surface area contributed by atoms with E-state index in [2.05, 4.69) is 139 Å². The normalized spacial score (nSPS) is 26.5. The van der Waals surface area contributed by atoms with Gasteiger partial charge in [0.1, 0.15) is 17.6 Å². The summed E-state index contributed by atoms with van der Waals surface area (Å²) in [5, 5.41) is 0.217. The van der Waals surface area contributed by atoms with Gasteiger partial charge in [-0.1, -0.05) is 92.3 Å². The van der Waals surface area contributed by atoms with Crippen LogP contribution in [0.5, 0.6) is 0 Å². The van der Waals surface area contributed by atoms with Gasteiger partial charge in [0.2, 0.25) is 0 Å². The Bertz CT molecular complexity index is 901.